The molecule has 0 unspecified atom stereocenters. The number of carbonyl (C=O) groups is 1. The van der Waals surface area contributed by atoms with Gasteiger partial charge >= 0.3 is 0 Å². The van der Waals surface area contributed by atoms with Gasteiger partial charge in [-0.1, -0.05) is 0 Å². The van der Waals surface area contributed by atoms with E-state index in [2.05, 4.69) is 0 Å². The van der Waals surface area contributed by atoms with Crippen LogP contribution in [0.1, 0.15) is 12.0 Å². The molecule has 2 N–H and O–H groups in total. The first kappa shape index (κ1) is 15.4. The molecule has 0 spiro atoms. The third-order valence-corrected chi connectivity index (χ3v) is 3.66. The van der Waals surface area contributed by atoms with Crippen molar-refractivity contribution in [3.05, 3.63) is 17.7 Å². The highest BCUT2D eigenvalue weighted by Gasteiger charge is 2.24. The highest BCUT2D eigenvalue weighted by atomic mass is 16.5. The number of carbonyl (C=O) groups excluding carboxylic acids is 1. The second kappa shape index (κ2) is 6.67. The molecule has 1 heterocycles. The quantitative estimate of drug-likeness (QED) is 0.870. The average Bonchev–Trinajstić information content (AvgIpc) is 2.92. The molecule has 1 aliphatic heterocycles. The number of amides is 1. The van der Waals surface area contributed by atoms with E-state index in [0.717, 1.165) is 18.5 Å². The summed E-state index contributed by atoms with van der Waals surface area (Å²) in [5.41, 5.74) is 6.66. The first-order valence-electron chi connectivity index (χ1n) is 6.91. The molecule has 1 aromatic carbocycles. The second-order valence-corrected chi connectivity index (χ2v) is 5.10. The molecule has 1 aliphatic rings. The van der Waals surface area contributed by atoms with Gasteiger partial charge in [0.2, 0.25) is 11.7 Å². The van der Waals surface area contributed by atoms with Crippen molar-refractivity contribution >= 4 is 5.91 Å². The highest BCUT2D eigenvalue weighted by Crippen LogP contribution is 2.38. The molecule has 6 heteroatoms. The summed E-state index contributed by atoms with van der Waals surface area (Å²) in [5.74, 6) is 1.70. The van der Waals surface area contributed by atoms with Crippen LogP contribution in [-0.2, 0) is 11.2 Å². The van der Waals surface area contributed by atoms with E-state index < -0.39 is 0 Å². The van der Waals surface area contributed by atoms with E-state index >= 15 is 0 Å². The lowest BCUT2D eigenvalue weighted by Crippen LogP contribution is -2.32. The van der Waals surface area contributed by atoms with Crippen molar-refractivity contribution < 1.29 is 19.0 Å². The summed E-state index contributed by atoms with van der Waals surface area (Å²) < 4.78 is 15.9. The molecule has 116 valence electrons. The number of ether oxygens (including phenoxy) is 3. The fourth-order valence-electron chi connectivity index (χ4n) is 2.54. The molecule has 0 aromatic heterocycles. The van der Waals surface area contributed by atoms with Crippen LogP contribution in [0.15, 0.2) is 12.1 Å². The maximum Gasteiger partial charge on any atom is 0.227 e. The molecule has 0 bridgehead atoms. The Hall–Kier alpha value is -1.95. The van der Waals surface area contributed by atoms with Crippen LogP contribution in [0, 0.1) is 0 Å². The van der Waals surface area contributed by atoms with Crippen molar-refractivity contribution in [2.45, 2.75) is 18.9 Å². The summed E-state index contributed by atoms with van der Waals surface area (Å²) in [7, 11) is 4.67. The van der Waals surface area contributed by atoms with Gasteiger partial charge in [-0.3, -0.25) is 4.79 Å². The molecular formula is C15H22N2O4. The lowest BCUT2D eigenvalue weighted by atomic mass is 10.1. The van der Waals surface area contributed by atoms with E-state index in [1.165, 1.54) is 0 Å². The summed E-state index contributed by atoms with van der Waals surface area (Å²) >= 11 is 0. The number of rotatable bonds is 5. The van der Waals surface area contributed by atoms with Crippen LogP contribution in [0.25, 0.3) is 0 Å². The number of nitrogens with two attached hydrogens (primary N) is 1. The minimum absolute atomic E-state index is 0.0669. The third-order valence-electron chi connectivity index (χ3n) is 3.66. The molecule has 6 nitrogen and oxygen atoms in total. The van der Waals surface area contributed by atoms with Crippen LogP contribution in [0.2, 0.25) is 0 Å². The van der Waals surface area contributed by atoms with E-state index in [0.29, 0.717) is 30.2 Å². The molecule has 0 aliphatic carbocycles. The molecule has 0 saturated carbocycles. The first-order chi connectivity index (χ1) is 10.1. The van der Waals surface area contributed by atoms with Crippen molar-refractivity contribution in [2.24, 2.45) is 5.73 Å². The smallest absolute Gasteiger partial charge is 0.227 e. The first-order valence-corrected chi connectivity index (χ1v) is 6.91. The Bertz CT molecular complexity index is 493. The van der Waals surface area contributed by atoms with Gasteiger partial charge in [-0.2, -0.15) is 0 Å². The molecule has 1 aromatic rings. The lowest BCUT2D eigenvalue weighted by molar-refractivity contribution is -0.129. The van der Waals surface area contributed by atoms with E-state index in [-0.39, 0.29) is 11.9 Å². The van der Waals surface area contributed by atoms with Crippen molar-refractivity contribution in [3.63, 3.8) is 0 Å². The topological polar surface area (TPSA) is 74.0 Å². The summed E-state index contributed by atoms with van der Waals surface area (Å²) in [6.07, 6.45) is 1.16. The number of hydrogen-bond donors (Lipinski definition) is 1. The minimum Gasteiger partial charge on any atom is -0.493 e. The Kier molecular flexibility index (Phi) is 4.90. The number of methoxy groups -OCH3 is 3. The zero-order valence-electron chi connectivity index (χ0n) is 12.7. The van der Waals surface area contributed by atoms with Crippen LogP contribution in [0.4, 0.5) is 0 Å². The Morgan fingerprint density at radius 2 is 1.86 bits per heavy atom. The fraction of sp³-hybridized carbons (Fsp3) is 0.533. The largest absolute Gasteiger partial charge is 0.493 e. The molecular weight excluding hydrogens is 272 g/mol. The van der Waals surface area contributed by atoms with Crippen molar-refractivity contribution in [3.8, 4) is 17.2 Å². The predicted octanol–water partition coefficient (Wildman–Crippen LogP) is 0.815. The summed E-state index contributed by atoms with van der Waals surface area (Å²) in [5, 5.41) is 0. The standard InChI is InChI=1S/C15H22N2O4/c1-19-12-6-10(7-13(20-2)15(12)21-3)8-14(18)17-5-4-11(16)9-17/h6-7,11H,4-5,8-9,16H2,1-3H3/t11-/m1/s1. The maximum absolute atomic E-state index is 12.3. The molecule has 2 rings (SSSR count). The third kappa shape index (κ3) is 3.39. The lowest BCUT2D eigenvalue weighted by Gasteiger charge is -2.17. The average molecular weight is 294 g/mol. The van der Waals surface area contributed by atoms with Gasteiger partial charge < -0.3 is 24.8 Å². The van der Waals surface area contributed by atoms with Gasteiger partial charge in [0, 0.05) is 19.1 Å². The van der Waals surface area contributed by atoms with Crippen molar-refractivity contribution in [2.75, 3.05) is 34.4 Å². The Balaban J connectivity index is 2.18. The van der Waals surface area contributed by atoms with Crippen LogP contribution < -0.4 is 19.9 Å². The Morgan fingerprint density at radius 3 is 2.29 bits per heavy atom. The van der Waals surface area contributed by atoms with Gasteiger partial charge in [0.15, 0.2) is 11.5 Å². The van der Waals surface area contributed by atoms with Crippen LogP contribution >= 0.6 is 0 Å². The van der Waals surface area contributed by atoms with Gasteiger partial charge in [-0.05, 0) is 24.1 Å². The van der Waals surface area contributed by atoms with Gasteiger partial charge in [0.25, 0.3) is 0 Å². The van der Waals surface area contributed by atoms with E-state index in [1.807, 2.05) is 0 Å². The van der Waals surface area contributed by atoms with Gasteiger partial charge in [0.1, 0.15) is 0 Å². The zero-order valence-corrected chi connectivity index (χ0v) is 12.7. The second-order valence-electron chi connectivity index (χ2n) is 5.10. The molecule has 1 amide bonds. The zero-order chi connectivity index (χ0) is 15.4. The Morgan fingerprint density at radius 1 is 1.24 bits per heavy atom. The van der Waals surface area contributed by atoms with E-state index in [4.69, 9.17) is 19.9 Å². The van der Waals surface area contributed by atoms with Crippen LogP contribution in [0.3, 0.4) is 0 Å². The molecule has 21 heavy (non-hydrogen) atoms. The number of nitrogens with zero attached hydrogens (tertiary/aromatic N) is 1. The van der Waals surface area contributed by atoms with Gasteiger partial charge in [-0.15, -0.1) is 0 Å². The summed E-state index contributed by atoms with van der Waals surface area (Å²) in [6.45, 7) is 1.35. The number of hydrogen-bond acceptors (Lipinski definition) is 5. The molecule has 0 radical (unpaired) electrons. The van der Waals surface area contributed by atoms with E-state index in [1.54, 1.807) is 38.4 Å². The van der Waals surface area contributed by atoms with Crippen LogP contribution in [0.5, 0.6) is 17.2 Å². The Labute approximate surface area is 124 Å². The van der Waals surface area contributed by atoms with Crippen molar-refractivity contribution in [1.82, 2.24) is 4.90 Å². The predicted molar refractivity (Wildman–Crippen MR) is 79.0 cm³/mol. The summed E-state index contributed by atoms with van der Waals surface area (Å²) in [4.78, 5) is 14.1. The maximum atomic E-state index is 12.3. The fourth-order valence-corrected chi connectivity index (χ4v) is 2.54. The molecule has 1 fully saturated rings. The van der Waals surface area contributed by atoms with Crippen molar-refractivity contribution in [1.29, 1.82) is 0 Å². The van der Waals surface area contributed by atoms with E-state index in [9.17, 15) is 4.79 Å². The molecule has 1 atom stereocenters. The monoisotopic (exact) mass is 294 g/mol. The number of benzene rings is 1. The van der Waals surface area contributed by atoms with Gasteiger partial charge in [0.05, 0.1) is 27.8 Å². The minimum atomic E-state index is 0.0669. The molecule has 1 saturated heterocycles. The van der Waals surface area contributed by atoms with Gasteiger partial charge in [-0.25, -0.2) is 0 Å². The highest BCUT2D eigenvalue weighted by molar-refractivity contribution is 5.79. The number of likely N-dealkylation sites (tertiary alicyclic amines) is 1. The summed E-state index contributed by atoms with van der Waals surface area (Å²) in [6, 6.07) is 3.69. The van der Waals surface area contributed by atoms with Crippen LogP contribution in [-0.4, -0.2) is 51.3 Å². The SMILES string of the molecule is COc1cc(CC(=O)N2CC[C@@H](N)C2)cc(OC)c1OC. The normalized spacial score (nSPS) is 17.7.